The summed E-state index contributed by atoms with van der Waals surface area (Å²) in [6, 6.07) is 0.241. The van der Waals surface area contributed by atoms with Crippen molar-refractivity contribution >= 4 is 5.71 Å². The van der Waals surface area contributed by atoms with Gasteiger partial charge in [0.25, 0.3) is 0 Å². The summed E-state index contributed by atoms with van der Waals surface area (Å²) in [5, 5.41) is 7.62. The van der Waals surface area contributed by atoms with E-state index in [-0.39, 0.29) is 12.1 Å². The molecule has 52 valence electrons. The third kappa shape index (κ3) is 0.344. The summed E-state index contributed by atoms with van der Waals surface area (Å²) in [6.45, 7) is 1.92. The molecule has 0 aliphatic carbocycles. The highest BCUT2D eigenvalue weighted by atomic mass is 16.5. The Morgan fingerprint density at radius 1 is 1.70 bits per heavy atom. The average Bonchev–Trinajstić information content (AvgIpc) is 2.44. The molecule has 2 unspecified atom stereocenters. The highest BCUT2D eigenvalue weighted by Crippen LogP contribution is 2.36. The smallest absolute Gasteiger partial charge is 0.150 e. The first-order valence-corrected chi connectivity index (χ1v) is 3.55. The highest BCUT2D eigenvalue weighted by molar-refractivity contribution is 5.98. The van der Waals surface area contributed by atoms with Crippen LogP contribution < -0.4 is 0 Å². The molecule has 3 nitrogen and oxygen atoms in total. The minimum atomic E-state index is 0.0961. The van der Waals surface area contributed by atoms with E-state index >= 15 is 0 Å². The predicted octanol–water partition coefficient (Wildman–Crippen LogP) is -0.0133. The zero-order valence-electron chi connectivity index (χ0n) is 5.50. The van der Waals surface area contributed by atoms with Gasteiger partial charge in [0.05, 0.1) is 5.71 Å². The van der Waals surface area contributed by atoms with Crippen LogP contribution in [0.15, 0.2) is 11.8 Å². The topological polar surface area (TPSA) is 36.3 Å². The Balaban J connectivity index is 2.18. The van der Waals surface area contributed by atoms with Crippen LogP contribution in [0.25, 0.3) is 0 Å². The maximum atomic E-state index is 7.62. The van der Waals surface area contributed by atoms with Crippen molar-refractivity contribution in [1.29, 1.82) is 5.41 Å². The fourth-order valence-corrected chi connectivity index (χ4v) is 2.00. The lowest BCUT2D eigenvalue weighted by molar-refractivity contribution is 0.115. The van der Waals surface area contributed by atoms with Gasteiger partial charge in [-0.3, -0.25) is 4.90 Å². The number of nitrogens with zero attached hydrogens (tertiary/aromatic N) is 1. The number of ether oxygens (including phenoxy) is 1. The lowest BCUT2D eigenvalue weighted by atomic mass is 10.2. The molecule has 3 aliphatic rings. The van der Waals surface area contributed by atoms with Crippen molar-refractivity contribution in [3.63, 3.8) is 0 Å². The average molecular weight is 136 g/mol. The largest absolute Gasteiger partial charge is 0.486 e. The molecule has 0 spiro atoms. The van der Waals surface area contributed by atoms with Crippen LogP contribution in [0.3, 0.4) is 0 Å². The van der Waals surface area contributed by atoms with Crippen LogP contribution in [0.1, 0.15) is 0 Å². The van der Waals surface area contributed by atoms with E-state index in [2.05, 4.69) is 11.0 Å². The second-order valence-corrected chi connectivity index (χ2v) is 3.02. The second-order valence-electron chi connectivity index (χ2n) is 3.02. The minimum absolute atomic E-state index is 0.0961. The van der Waals surface area contributed by atoms with Crippen LogP contribution >= 0.6 is 0 Å². The number of fused-ring (bicyclic) bond motifs is 1. The van der Waals surface area contributed by atoms with Crippen LogP contribution in [0.4, 0.5) is 0 Å². The normalized spacial score (nSPS) is 42.4. The van der Waals surface area contributed by atoms with Gasteiger partial charge >= 0.3 is 0 Å². The molecule has 0 aromatic rings. The molecule has 3 heterocycles. The number of rotatable bonds is 0. The Bertz CT molecular complexity index is 246. The summed E-state index contributed by atoms with van der Waals surface area (Å²) in [5.74, 6) is 1.03. The van der Waals surface area contributed by atoms with Gasteiger partial charge in [0.2, 0.25) is 0 Å². The Hall–Kier alpha value is -0.830. The van der Waals surface area contributed by atoms with E-state index in [1.807, 2.05) is 0 Å². The SMILES string of the molecule is N=C1C2CN3CC=C(O2)C13. The fourth-order valence-electron chi connectivity index (χ4n) is 2.00. The van der Waals surface area contributed by atoms with Gasteiger partial charge in [0, 0.05) is 13.1 Å². The van der Waals surface area contributed by atoms with Crippen molar-refractivity contribution in [2.75, 3.05) is 13.1 Å². The molecule has 0 amide bonds. The molecular formula is C7H8N2O. The molecule has 3 heteroatoms. The van der Waals surface area contributed by atoms with Crippen molar-refractivity contribution in [1.82, 2.24) is 4.90 Å². The van der Waals surface area contributed by atoms with Gasteiger partial charge in [-0.25, -0.2) is 0 Å². The zero-order chi connectivity index (χ0) is 6.72. The summed E-state index contributed by atoms with van der Waals surface area (Å²) in [4.78, 5) is 2.28. The van der Waals surface area contributed by atoms with Gasteiger partial charge in [-0.1, -0.05) is 0 Å². The Labute approximate surface area is 58.8 Å². The molecular weight excluding hydrogens is 128 g/mol. The predicted molar refractivity (Wildman–Crippen MR) is 36.0 cm³/mol. The number of hydrogen-bond acceptors (Lipinski definition) is 3. The molecule has 10 heavy (non-hydrogen) atoms. The molecule has 2 saturated heterocycles. The van der Waals surface area contributed by atoms with Crippen LogP contribution in [-0.4, -0.2) is 35.8 Å². The molecule has 1 N–H and O–H groups in total. The van der Waals surface area contributed by atoms with Crippen molar-refractivity contribution in [3.8, 4) is 0 Å². The summed E-state index contributed by atoms with van der Waals surface area (Å²) in [5.41, 5.74) is 0.767. The molecule has 3 aliphatic heterocycles. The van der Waals surface area contributed by atoms with Crippen molar-refractivity contribution in [3.05, 3.63) is 11.8 Å². The lowest BCUT2D eigenvalue weighted by Crippen LogP contribution is -2.30. The van der Waals surface area contributed by atoms with Crippen LogP contribution in [0.5, 0.6) is 0 Å². The first-order chi connectivity index (χ1) is 4.86. The molecule has 0 aromatic heterocycles. The van der Waals surface area contributed by atoms with Gasteiger partial charge in [0.1, 0.15) is 11.8 Å². The Morgan fingerprint density at radius 3 is 3.20 bits per heavy atom. The first kappa shape index (κ1) is 4.91. The summed E-state index contributed by atoms with van der Waals surface area (Å²) in [6.07, 6.45) is 2.19. The van der Waals surface area contributed by atoms with Gasteiger partial charge in [-0.15, -0.1) is 0 Å². The minimum Gasteiger partial charge on any atom is -0.486 e. The highest BCUT2D eigenvalue weighted by Gasteiger charge is 2.50. The Morgan fingerprint density at radius 2 is 2.60 bits per heavy atom. The van der Waals surface area contributed by atoms with E-state index in [1.54, 1.807) is 0 Å². The van der Waals surface area contributed by atoms with Gasteiger partial charge in [-0.2, -0.15) is 0 Å². The third-order valence-electron chi connectivity index (χ3n) is 2.48. The summed E-state index contributed by atoms with van der Waals surface area (Å²) in [7, 11) is 0. The van der Waals surface area contributed by atoms with E-state index < -0.39 is 0 Å². The second kappa shape index (κ2) is 1.27. The van der Waals surface area contributed by atoms with Gasteiger partial charge in [-0.05, 0) is 6.08 Å². The van der Waals surface area contributed by atoms with E-state index in [0.717, 1.165) is 24.6 Å². The number of nitrogens with one attached hydrogen (secondary N) is 1. The van der Waals surface area contributed by atoms with E-state index in [4.69, 9.17) is 10.1 Å². The quantitative estimate of drug-likeness (QED) is 0.508. The molecule has 2 bridgehead atoms. The fraction of sp³-hybridized carbons (Fsp3) is 0.571. The van der Waals surface area contributed by atoms with E-state index in [9.17, 15) is 0 Å². The van der Waals surface area contributed by atoms with E-state index in [1.165, 1.54) is 0 Å². The first-order valence-electron chi connectivity index (χ1n) is 3.55. The van der Waals surface area contributed by atoms with Crippen molar-refractivity contribution in [2.45, 2.75) is 12.1 Å². The molecule has 3 rings (SSSR count). The van der Waals surface area contributed by atoms with Crippen LogP contribution in [0.2, 0.25) is 0 Å². The molecule has 0 radical (unpaired) electrons. The number of morpholine rings is 1. The summed E-state index contributed by atoms with van der Waals surface area (Å²) < 4.78 is 5.46. The maximum Gasteiger partial charge on any atom is 0.150 e. The maximum absolute atomic E-state index is 7.62. The third-order valence-corrected chi connectivity index (χ3v) is 2.48. The van der Waals surface area contributed by atoms with Gasteiger partial charge in [0.15, 0.2) is 6.10 Å². The summed E-state index contributed by atoms with van der Waals surface area (Å²) >= 11 is 0. The van der Waals surface area contributed by atoms with Crippen LogP contribution in [-0.2, 0) is 4.74 Å². The standard InChI is InChI=1S/C7H8N2O/c8-6-5-3-9-2-1-4(10-5)7(6)9/h1,5,7-8H,2-3H2. The zero-order valence-corrected chi connectivity index (χ0v) is 5.50. The number of hydrogen-bond donors (Lipinski definition) is 1. The Kier molecular flexibility index (Phi) is 0.624. The van der Waals surface area contributed by atoms with Crippen molar-refractivity contribution in [2.24, 2.45) is 0 Å². The van der Waals surface area contributed by atoms with Gasteiger partial charge < -0.3 is 10.1 Å². The van der Waals surface area contributed by atoms with Crippen LogP contribution in [0, 0.1) is 5.41 Å². The van der Waals surface area contributed by atoms with E-state index in [0.29, 0.717) is 0 Å². The monoisotopic (exact) mass is 136 g/mol. The molecule has 0 saturated carbocycles. The molecule has 2 atom stereocenters. The molecule has 2 fully saturated rings. The lowest BCUT2D eigenvalue weighted by Gasteiger charge is -2.18. The van der Waals surface area contributed by atoms with Crippen molar-refractivity contribution < 1.29 is 4.74 Å². The molecule has 0 aromatic carbocycles.